The van der Waals surface area contributed by atoms with E-state index in [0.29, 0.717) is 17.3 Å². The van der Waals surface area contributed by atoms with Gasteiger partial charge in [-0.3, -0.25) is 4.99 Å². The Labute approximate surface area is 174 Å². The first-order chi connectivity index (χ1) is 13.0. The third-order valence-electron chi connectivity index (χ3n) is 3.58. The molecule has 3 aromatic rings. The zero-order chi connectivity index (χ0) is 19.6. The molecule has 2 aromatic heterocycles. The molecule has 7 heteroatoms. The number of pyridine rings is 1. The van der Waals surface area contributed by atoms with Crippen LogP contribution in [0.15, 0.2) is 63.1 Å². The summed E-state index contributed by atoms with van der Waals surface area (Å²) in [4.78, 5) is 13.0. The molecule has 3 rings (SSSR count). The fourth-order valence-electron chi connectivity index (χ4n) is 2.57. The first-order valence-electron chi connectivity index (χ1n) is 8.05. The van der Waals surface area contributed by atoms with Gasteiger partial charge in [-0.25, -0.2) is 9.98 Å². The molecule has 142 valence electrons. The van der Waals surface area contributed by atoms with E-state index < -0.39 is 0 Å². The van der Waals surface area contributed by atoms with E-state index >= 15 is 0 Å². The molecule has 0 N–H and O–H groups in total. The molecular weight excluding hydrogens is 425 g/mol. The molecule has 0 aliphatic heterocycles. The Kier molecular flexibility index (Phi) is 8.76. The van der Waals surface area contributed by atoms with Crippen LogP contribution in [0, 0.1) is 20.8 Å². The van der Waals surface area contributed by atoms with Gasteiger partial charge in [0.2, 0.25) is 0 Å². The van der Waals surface area contributed by atoms with Crippen molar-refractivity contribution in [3.63, 3.8) is 0 Å². The Balaban J connectivity index is 0.000000817. The zero-order valence-corrected chi connectivity index (χ0v) is 17.7. The Morgan fingerprint density at radius 1 is 0.926 bits per heavy atom. The normalized spacial score (nSPS) is 11.1. The summed E-state index contributed by atoms with van der Waals surface area (Å²) in [6.45, 7) is 6.23. The number of hydrogen-bond donors (Lipinski definition) is 0. The van der Waals surface area contributed by atoms with Crippen LogP contribution in [0.5, 0.6) is 0 Å². The Morgan fingerprint density at radius 2 is 1.52 bits per heavy atom. The molecule has 0 fully saturated rings. The van der Waals surface area contributed by atoms with Gasteiger partial charge in [0.25, 0.3) is 0 Å². The Hall–Kier alpha value is -1.91. The van der Waals surface area contributed by atoms with E-state index in [2.05, 4.69) is 47.9 Å². The van der Waals surface area contributed by atoms with Crippen LogP contribution in [0.3, 0.4) is 0 Å². The Morgan fingerprint density at radius 3 is 2.07 bits per heavy atom. The summed E-state index contributed by atoms with van der Waals surface area (Å²) in [6.07, 6.45) is 5.10. The number of rotatable bonds is 4. The summed E-state index contributed by atoms with van der Waals surface area (Å²) in [5, 5.41) is 0. The molecule has 0 amide bonds. The topological polar surface area (TPSA) is 50.8 Å². The van der Waals surface area contributed by atoms with E-state index in [1.165, 1.54) is 5.56 Å². The molecule has 0 saturated heterocycles. The quantitative estimate of drug-likeness (QED) is 0.342. The van der Waals surface area contributed by atoms with Crippen LogP contribution in [0.4, 0.5) is 11.5 Å². The number of benzene rings is 1. The predicted octanol–water partition coefficient (Wildman–Crippen LogP) is 6.48. The van der Waals surface area contributed by atoms with Crippen molar-refractivity contribution in [3.8, 4) is 0 Å². The number of aliphatic imine (C=N–C) groups is 2. The molecule has 27 heavy (non-hydrogen) atoms. The van der Waals surface area contributed by atoms with Crippen LogP contribution in [-0.4, -0.2) is 17.4 Å². The second-order valence-electron chi connectivity index (χ2n) is 5.74. The van der Waals surface area contributed by atoms with Gasteiger partial charge in [-0.2, -0.15) is 0 Å². The molecule has 1 aromatic carbocycles. The third kappa shape index (κ3) is 6.96. The van der Waals surface area contributed by atoms with E-state index in [4.69, 9.17) is 24.6 Å². The SMILES string of the molecule is Cc1cc(C)c(N=Cc2ccc(/C=N/c3ccccn3)o2)c(C)c1.[Cl][Fe][Cl]. The van der Waals surface area contributed by atoms with Crippen LogP contribution in [0.25, 0.3) is 0 Å². The second-order valence-corrected chi connectivity index (χ2v) is 7.57. The maximum absolute atomic E-state index is 5.70. The van der Waals surface area contributed by atoms with Gasteiger partial charge >= 0.3 is 33.3 Å². The molecular formula is C20H19Cl2FeN3O. The molecule has 0 unspecified atom stereocenters. The van der Waals surface area contributed by atoms with Crippen molar-refractivity contribution in [1.29, 1.82) is 0 Å². The van der Waals surface area contributed by atoms with E-state index in [1.807, 2.05) is 30.3 Å². The van der Waals surface area contributed by atoms with Gasteiger partial charge in [-0.05, 0) is 56.2 Å². The van der Waals surface area contributed by atoms with Crippen molar-refractivity contribution in [3.05, 3.63) is 76.9 Å². The van der Waals surface area contributed by atoms with Crippen LogP contribution in [-0.2, 0) is 13.1 Å². The summed E-state index contributed by atoms with van der Waals surface area (Å²) in [5.74, 6) is 2.01. The summed E-state index contributed by atoms with van der Waals surface area (Å²) in [7, 11) is 9.53. The molecule has 0 saturated carbocycles. The number of aromatic nitrogens is 1. The van der Waals surface area contributed by atoms with E-state index in [1.54, 1.807) is 18.6 Å². The van der Waals surface area contributed by atoms with Gasteiger partial charge < -0.3 is 4.42 Å². The maximum atomic E-state index is 5.70. The van der Waals surface area contributed by atoms with Gasteiger partial charge in [-0.1, -0.05) is 23.8 Å². The van der Waals surface area contributed by atoms with Crippen LogP contribution in [0.2, 0.25) is 0 Å². The zero-order valence-electron chi connectivity index (χ0n) is 15.1. The number of halogens is 2. The molecule has 2 heterocycles. The standard InChI is InChI=1S/C20H19N3O.2ClH.Fe/c1-14-10-15(2)20(16(3)11-14)23-13-18-8-7-17(24-18)12-22-19-6-4-5-9-21-19;;;/h4-13H,1-3H3;2*1H;/q;;;+2/p-2/b22-12+,23-13?;;;. The minimum atomic E-state index is 0.194. The molecule has 0 bridgehead atoms. The van der Waals surface area contributed by atoms with Crippen molar-refractivity contribution in [2.24, 2.45) is 9.98 Å². The Bertz CT molecular complexity index is 901. The first-order valence-corrected chi connectivity index (χ1v) is 11.1. The van der Waals surface area contributed by atoms with Crippen molar-refractivity contribution in [2.45, 2.75) is 20.8 Å². The average Bonchev–Trinajstić information content (AvgIpc) is 3.08. The predicted molar refractivity (Wildman–Crippen MR) is 110 cm³/mol. The van der Waals surface area contributed by atoms with Gasteiger partial charge in [0.15, 0.2) is 5.82 Å². The summed E-state index contributed by atoms with van der Waals surface area (Å²) < 4.78 is 5.70. The van der Waals surface area contributed by atoms with Crippen molar-refractivity contribution >= 4 is 44.1 Å². The van der Waals surface area contributed by atoms with Gasteiger partial charge in [0.05, 0.1) is 18.1 Å². The minimum absolute atomic E-state index is 0.194. The summed E-state index contributed by atoms with van der Waals surface area (Å²) in [6, 6.07) is 13.6. The van der Waals surface area contributed by atoms with Gasteiger partial charge in [0, 0.05) is 6.20 Å². The third-order valence-corrected chi connectivity index (χ3v) is 3.58. The van der Waals surface area contributed by atoms with Crippen LogP contribution >= 0.6 is 20.2 Å². The van der Waals surface area contributed by atoms with Crippen LogP contribution < -0.4 is 0 Å². The van der Waals surface area contributed by atoms with Crippen molar-refractivity contribution < 1.29 is 17.6 Å². The summed E-state index contributed by atoms with van der Waals surface area (Å²) >= 11 is 0.194. The number of nitrogens with zero attached hydrogens (tertiary/aromatic N) is 3. The van der Waals surface area contributed by atoms with Crippen molar-refractivity contribution in [1.82, 2.24) is 4.98 Å². The monoisotopic (exact) mass is 443 g/mol. The molecule has 0 atom stereocenters. The first kappa shape index (κ1) is 21.4. The van der Waals surface area contributed by atoms with Crippen LogP contribution in [0.1, 0.15) is 28.2 Å². The molecule has 0 aliphatic carbocycles. The molecule has 0 radical (unpaired) electrons. The second kappa shape index (κ2) is 11.1. The summed E-state index contributed by atoms with van der Waals surface area (Å²) in [5.41, 5.74) is 4.55. The molecule has 0 spiro atoms. The van der Waals surface area contributed by atoms with Gasteiger partial charge in [-0.15, -0.1) is 0 Å². The molecule has 0 aliphatic rings. The number of hydrogen-bond acceptors (Lipinski definition) is 4. The average molecular weight is 444 g/mol. The van der Waals surface area contributed by atoms with E-state index in [-0.39, 0.29) is 13.1 Å². The number of aryl methyl sites for hydroxylation is 3. The van der Waals surface area contributed by atoms with E-state index in [9.17, 15) is 0 Å². The van der Waals surface area contributed by atoms with Crippen molar-refractivity contribution in [2.75, 3.05) is 0 Å². The fourth-order valence-corrected chi connectivity index (χ4v) is 2.57. The fraction of sp³-hybridized carbons (Fsp3) is 0.150. The van der Waals surface area contributed by atoms with E-state index in [0.717, 1.165) is 16.8 Å². The molecule has 4 nitrogen and oxygen atoms in total. The van der Waals surface area contributed by atoms with Gasteiger partial charge in [0.1, 0.15) is 11.5 Å². The number of furan rings is 1.